The van der Waals surface area contributed by atoms with Crippen LogP contribution in [0.5, 0.6) is 17.2 Å². The molecule has 0 unspecified atom stereocenters. The molecule has 170 valence electrons. The minimum atomic E-state index is -0.762. The molecule has 0 N–H and O–H groups in total. The molecule has 2 aromatic carbocycles. The average Bonchev–Trinajstić information content (AvgIpc) is 2.81. The molecule has 0 saturated carbocycles. The van der Waals surface area contributed by atoms with Gasteiger partial charge < -0.3 is 14.2 Å². The highest BCUT2D eigenvalue weighted by Crippen LogP contribution is 2.36. The van der Waals surface area contributed by atoms with Crippen molar-refractivity contribution in [2.75, 3.05) is 0 Å². The van der Waals surface area contributed by atoms with Gasteiger partial charge in [0.05, 0.1) is 0 Å². The molecular formula is C26H23FO6. The van der Waals surface area contributed by atoms with Gasteiger partial charge in [0.1, 0.15) is 0 Å². The molecule has 0 fully saturated rings. The van der Waals surface area contributed by atoms with Crippen molar-refractivity contribution in [1.82, 2.24) is 0 Å². The molecule has 0 radical (unpaired) electrons. The number of carbonyl (C=O) groups is 3. The number of ether oxygens (including phenoxy) is 3. The molecular weight excluding hydrogens is 427 g/mol. The van der Waals surface area contributed by atoms with Crippen molar-refractivity contribution >= 4 is 29.1 Å². The fourth-order valence-corrected chi connectivity index (χ4v) is 2.99. The number of allylic oxidation sites excluding steroid dienone is 2. The maximum absolute atomic E-state index is 14.5. The first-order chi connectivity index (χ1) is 15.7. The second kappa shape index (κ2) is 11.4. The number of hydrogen-bond acceptors (Lipinski definition) is 6. The lowest BCUT2D eigenvalue weighted by Crippen LogP contribution is -2.09. The first kappa shape index (κ1) is 25.0. The number of carbonyl (C=O) groups excluding carboxylic acids is 3. The predicted octanol–water partition coefficient (Wildman–Crippen LogP) is 5.44. The molecule has 0 amide bonds. The van der Waals surface area contributed by atoms with E-state index in [1.54, 1.807) is 18.2 Å². The lowest BCUT2D eigenvalue weighted by atomic mass is 9.93. The van der Waals surface area contributed by atoms with Crippen molar-refractivity contribution in [2.24, 2.45) is 0 Å². The maximum atomic E-state index is 14.5. The van der Waals surface area contributed by atoms with E-state index in [-0.39, 0.29) is 17.2 Å². The summed E-state index contributed by atoms with van der Waals surface area (Å²) in [6.45, 7) is 13.7. The van der Waals surface area contributed by atoms with Crippen molar-refractivity contribution in [2.45, 2.75) is 20.3 Å². The molecule has 0 aliphatic heterocycles. The molecule has 2 rings (SSSR count). The van der Waals surface area contributed by atoms with Gasteiger partial charge in [0, 0.05) is 18.2 Å². The Morgan fingerprint density at radius 3 is 1.79 bits per heavy atom. The van der Waals surface area contributed by atoms with E-state index >= 15 is 0 Å². The van der Waals surface area contributed by atoms with E-state index in [0.717, 1.165) is 29.4 Å². The van der Waals surface area contributed by atoms with Gasteiger partial charge in [-0.3, -0.25) is 0 Å². The van der Waals surface area contributed by atoms with Crippen LogP contribution in [0.25, 0.3) is 11.1 Å². The van der Waals surface area contributed by atoms with Crippen LogP contribution in [0.2, 0.25) is 0 Å². The Morgan fingerprint density at radius 2 is 1.27 bits per heavy atom. The van der Waals surface area contributed by atoms with E-state index in [0.29, 0.717) is 17.5 Å². The third kappa shape index (κ3) is 6.36. The van der Waals surface area contributed by atoms with E-state index < -0.39 is 23.7 Å². The minimum absolute atomic E-state index is 0.0178. The molecule has 0 atom stereocenters. The van der Waals surface area contributed by atoms with Gasteiger partial charge in [-0.05, 0) is 59.9 Å². The molecule has 0 aromatic heterocycles. The quantitative estimate of drug-likeness (QED) is 0.219. The Bertz CT molecular complexity index is 1160. The summed E-state index contributed by atoms with van der Waals surface area (Å²) in [6.07, 6.45) is 3.47. The normalized spacial score (nSPS) is 11.0. The zero-order valence-corrected chi connectivity index (χ0v) is 18.4. The summed E-state index contributed by atoms with van der Waals surface area (Å²) in [7, 11) is 0. The van der Waals surface area contributed by atoms with Gasteiger partial charge in [-0.2, -0.15) is 0 Å². The van der Waals surface area contributed by atoms with Crippen LogP contribution in [0.3, 0.4) is 0 Å². The van der Waals surface area contributed by atoms with Crippen LogP contribution in [0.4, 0.5) is 4.39 Å². The Hall–Kier alpha value is -4.26. The minimum Gasteiger partial charge on any atom is -0.420 e. The van der Waals surface area contributed by atoms with E-state index in [4.69, 9.17) is 14.2 Å². The fourth-order valence-electron chi connectivity index (χ4n) is 2.99. The van der Waals surface area contributed by atoms with Crippen molar-refractivity contribution in [1.29, 1.82) is 0 Å². The van der Waals surface area contributed by atoms with Gasteiger partial charge in [0.2, 0.25) is 0 Å². The summed E-state index contributed by atoms with van der Waals surface area (Å²) in [4.78, 5) is 34.7. The summed E-state index contributed by atoms with van der Waals surface area (Å²) in [5, 5.41) is 0. The second-order valence-corrected chi connectivity index (χ2v) is 6.64. The maximum Gasteiger partial charge on any atom is 0.335 e. The standard InChI is InChI=1S/C26H23FO6/c1-6-19(16(5)17-10-12-21(20(27)14-17)31-24(28)7-2)18-11-13-22(32-25(29)8-3)23(15-18)33-26(30)9-4/h7-15H,2-4,6H2,1,5H3. The topological polar surface area (TPSA) is 78.9 Å². The van der Waals surface area contributed by atoms with Gasteiger partial charge in [0.15, 0.2) is 23.1 Å². The summed E-state index contributed by atoms with van der Waals surface area (Å²) in [6, 6.07) is 8.97. The highest BCUT2D eigenvalue weighted by atomic mass is 19.1. The molecule has 0 saturated heterocycles. The zero-order valence-electron chi connectivity index (χ0n) is 18.4. The van der Waals surface area contributed by atoms with Crippen LogP contribution in [0, 0.1) is 5.82 Å². The number of halogens is 1. The van der Waals surface area contributed by atoms with Gasteiger partial charge in [-0.15, -0.1) is 0 Å². The number of hydrogen-bond donors (Lipinski definition) is 0. The Labute approximate surface area is 191 Å². The summed E-state index contributed by atoms with van der Waals surface area (Å²) >= 11 is 0. The molecule has 0 aliphatic carbocycles. The Balaban J connectivity index is 2.52. The largest absolute Gasteiger partial charge is 0.420 e. The summed E-state index contributed by atoms with van der Waals surface area (Å²) in [5.74, 6) is -3.06. The monoisotopic (exact) mass is 450 g/mol. The van der Waals surface area contributed by atoms with Crippen molar-refractivity contribution in [3.63, 3.8) is 0 Å². The highest BCUT2D eigenvalue weighted by molar-refractivity contribution is 5.92. The molecule has 0 bridgehead atoms. The molecule has 0 heterocycles. The smallest absolute Gasteiger partial charge is 0.335 e. The number of benzene rings is 2. The van der Waals surface area contributed by atoms with Crippen LogP contribution < -0.4 is 14.2 Å². The van der Waals surface area contributed by atoms with Crippen LogP contribution in [-0.2, 0) is 14.4 Å². The molecule has 0 spiro atoms. The van der Waals surface area contributed by atoms with E-state index in [2.05, 4.69) is 19.7 Å². The van der Waals surface area contributed by atoms with Crippen molar-refractivity contribution in [3.8, 4) is 17.2 Å². The van der Waals surface area contributed by atoms with Crippen LogP contribution in [0.1, 0.15) is 31.4 Å². The van der Waals surface area contributed by atoms with Crippen LogP contribution in [-0.4, -0.2) is 17.9 Å². The zero-order chi connectivity index (χ0) is 24.5. The van der Waals surface area contributed by atoms with Crippen LogP contribution >= 0.6 is 0 Å². The van der Waals surface area contributed by atoms with Gasteiger partial charge in [-0.1, -0.05) is 38.8 Å². The summed E-state index contributed by atoms with van der Waals surface area (Å²) in [5.41, 5.74) is 2.80. The van der Waals surface area contributed by atoms with E-state index in [9.17, 15) is 18.8 Å². The third-order valence-electron chi connectivity index (χ3n) is 4.59. The molecule has 6 nitrogen and oxygen atoms in total. The lowest BCUT2D eigenvalue weighted by molar-refractivity contribution is -0.131. The van der Waals surface area contributed by atoms with Gasteiger partial charge in [0.25, 0.3) is 0 Å². The fraction of sp³-hybridized carbons (Fsp3) is 0.115. The molecule has 2 aromatic rings. The second-order valence-electron chi connectivity index (χ2n) is 6.64. The SMILES string of the molecule is C=CC(=O)Oc1ccc(C(C)=C(CC)c2ccc(OC(=O)C=C)c(OC(=O)C=C)c2)cc1F. The number of rotatable bonds is 9. The van der Waals surface area contributed by atoms with Crippen molar-refractivity contribution in [3.05, 3.63) is 91.3 Å². The van der Waals surface area contributed by atoms with E-state index in [1.165, 1.54) is 18.2 Å². The summed E-state index contributed by atoms with van der Waals surface area (Å²) < 4.78 is 29.7. The highest BCUT2D eigenvalue weighted by Gasteiger charge is 2.16. The first-order valence-electron chi connectivity index (χ1n) is 9.90. The first-order valence-corrected chi connectivity index (χ1v) is 9.90. The molecule has 7 heteroatoms. The van der Waals surface area contributed by atoms with E-state index in [1.807, 2.05) is 13.8 Å². The lowest BCUT2D eigenvalue weighted by Gasteiger charge is -2.15. The molecule has 33 heavy (non-hydrogen) atoms. The Kier molecular flexibility index (Phi) is 8.63. The number of esters is 3. The third-order valence-corrected chi connectivity index (χ3v) is 4.59. The molecule has 0 aliphatic rings. The van der Waals surface area contributed by atoms with Crippen LogP contribution in [0.15, 0.2) is 74.4 Å². The average molecular weight is 450 g/mol. The van der Waals surface area contributed by atoms with Gasteiger partial charge in [-0.25, -0.2) is 18.8 Å². The Morgan fingerprint density at radius 1 is 0.788 bits per heavy atom. The predicted molar refractivity (Wildman–Crippen MR) is 123 cm³/mol. The van der Waals surface area contributed by atoms with Gasteiger partial charge >= 0.3 is 17.9 Å². The van der Waals surface area contributed by atoms with Crippen molar-refractivity contribution < 1.29 is 33.0 Å².